The summed E-state index contributed by atoms with van der Waals surface area (Å²) in [6.45, 7) is 1.81. The monoisotopic (exact) mass is 596 g/mol. The Bertz CT molecular complexity index is 1410. The van der Waals surface area contributed by atoms with Gasteiger partial charge in [-0.3, -0.25) is 4.79 Å². The number of anilines is 3. The van der Waals surface area contributed by atoms with Crippen LogP contribution < -0.4 is 27.0 Å². The van der Waals surface area contributed by atoms with Gasteiger partial charge in [-0.15, -0.1) is 0 Å². The first-order valence-electron chi connectivity index (χ1n) is 14.2. The molecule has 0 unspecified atom stereocenters. The molecule has 1 amide bonds. The Morgan fingerprint density at radius 2 is 1.86 bits per heavy atom. The van der Waals surface area contributed by atoms with Crippen molar-refractivity contribution in [2.75, 3.05) is 28.6 Å². The van der Waals surface area contributed by atoms with Gasteiger partial charge in [0.25, 0.3) is 0 Å². The van der Waals surface area contributed by atoms with E-state index in [1.54, 1.807) is 6.20 Å². The van der Waals surface area contributed by atoms with Crippen molar-refractivity contribution in [2.24, 2.45) is 28.3 Å². The molecule has 42 heavy (non-hydrogen) atoms. The van der Waals surface area contributed by atoms with E-state index in [1.165, 1.54) is 5.69 Å². The number of nitrogens with one attached hydrogen (secondary N) is 2. The summed E-state index contributed by atoms with van der Waals surface area (Å²) in [6.07, 6.45) is 7.35. The van der Waals surface area contributed by atoms with Gasteiger partial charge in [0.05, 0.1) is 22.6 Å². The van der Waals surface area contributed by atoms with E-state index in [0.717, 1.165) is 57.7 Å². The molecule has 0 spiro atoms. The van der Waals surface area contributed by atoms with Gasteiger partial charge in [-0.25, -0.2) is 23.7 Å². The third-order valence-electron chi connectivity index (χ3n) is 7.95. The largest absolute Gasteiger partial charge is 0.369 e. The molecular formula is C30H35ClF2N8O. The van der Waals surface area contributed by atoms with Crippen LogP contribution in [0.25, 0.3) is 0 Å². The molecule has 6 N–H and O–H groups in total. The van der Waals surface area contributed by atoms with Crippen molar-refractivity contribution in [3.8, 4) is 0 Å². The van der Waals surface area contributed by atoms with Crippen molar-refractivity contribution in [3.63, 3.8) is 0 Å². The van der Waals surface area contributed by atoms with E-state index < -0.39 is 11.6 Å². The molecule has 1 saturated heterocycles. The number of aromatic nitrogens is 2. The molecule has 2 fully saturated rings. The number of benzene rings is 2. The van der Waals surface area contributed by atoms with Crippen LogP contribution in [0.4, 0.5) is 31.8 Å². The van der Waals surface area contributed by atoms with Crippen LogP contribution in [0.3, 0.4) is 0 Å². The van der Waals surface area contributed by atoms with E-state index in [2.05, 4.69) is 37.6 Å². The van der Waals surface area contributed by atoms with Crippen LogP contribution in [0.15, 0.2) is 53.7 Å². The molecule has 1 aliphatic carbocycles. The Morgan fingerprint density at radius 1 is 1.10 bits per heavy atom. The fourth-order valence-electron chi connectivity index (χ4n) is 5.75. The second-order valence-corrected chi connectivity index (χ2v) is 11.4. The maximum Gasteiger partial charge on any atom is 0.223 e. The summed E-state index contributed by atoms with van der Waals surface area (Å²) in [5.74, 6) is -1.42. The smallest absolute Gasteiger partial charge is 0.223 e. The van der Waals surface area contributed by atoms with Gasteiger partial charge in [-0.2, -0.15) is 0 Å². The van der Waals surface area contributed by atoms with Gasteiger partial charge in [0.1, 0.15) is 11.5 Å². The number of carbonyl (C=O) groups excluding carboxylic acids is 1. The normalized spacial score (nSPS) is 21.2. The van der Waals surface area contributed by atoms with Crippen molar-refractivity contribution in [1.82, 2.24) is 9.97 Å². The quantitative estimate of drug-likeness (QED) is 0.202. The van der Waals surface area contributed by atoms with Gasteiger partial charge in [0.2, 0.25) is 11.9 Å². The number of para-hydroxylation sites is 1. The van der Waals surface area contributed by atoms with Crippen LogP contribution in [0.2, 0.25) is 5.02 Å². The van der Waals surface area contributed by atoms with Gasteiger partial charge < -0.3 is 27.0 Å². The highest BCUT2D eigenvalue weighted by atomic mass is 35.5. The lowest BCUT2D eigenvalue weighted by Gasteiger charge is -2.34. The predicted molar refractivity (Wildman–Crippen MR) is 162 cm³/mol. The minimum Gasteiger partial charge on any atom is -0.369 e. The van der Waals surface area contributed by atoms with Crippen LogP contribution in [0.1, 0.15) is 44.2 Å². The minimum absolute atomic E-state index is 0.101. The summed E-state index contributed by atoms with van der Waals surface area (Å²) in [7, 11) is 0. The molecule has 12 heteroatoms. The average Bonchev–Trinajstić information content (AvgIpc) is 2.97. The Labute approximate surface area is 248 Å². The second-order valence-electron chi connectivity index (χ2n) is 11.0. The molecular weight excluding hydrogens is 562 g/mol. The Hall–Kier alpha value is -3.99. The summed E-state index contributed by atoms with van der Waals surface area (Å²) in [5.41, 5.74) is 13.8. The van der Waals surface area contributed by atoms with Crippen LogP contribution in [-0.2, 0) is 11.2 Å². The van der Waals surface area contributed by atoms with Gasteiger partial charge in [0.15, 0.2) is 11.8 Å². The molecule has 1 aliphatic heterocycles. The lowest BCUT2D eigenvalue weighted by Crippen LogP contribution is -2.42. The van der Waals surface area contributed by atoms with E-state index in [1.807, 2.05) is 18.2 Å². The van der Waals surface area contributed by atoms with Crippen LogP contribution in [0.5, 0.6) is 0 Å². The number of hydrogen-bond donors (Lipinski definition) is 4. The van der Waals surface area contributed by atoms with Crippen LogP contribution in [0, 0.1) is 23.5 Å². The summed E-state index contributed by atoms with van der Waals surface area (Å²) in [4.78, 5) is 27.8. The highest BCUT2D eigenvalue weighted by molar-refractivity contribution is 6.33. The lowest BCUT2D eigenvalue weighted by molar-refractivity contribution is -0.122. The van der Waals surface area contributed by atoms with Gasteiger partial charge in [0, 0.05) is 36.8 Å². The fourth-order valence-corrected chi connectivity index (χ4v) is 5.99. The summed E-state index contributed by atoms with van der Waals surface area (Å²) in [5, 5.41) is 5.97. The molecule has 0 bridgehead atoms. The number of rotatable bonds is 8. The van der Waals surface area contributed by atoms with Crippen LogP contribution >= 0.6 is 11.6 Å². The van der Waals surface area contributed by atoms with Crippen molar-refractivity contribution < 1.29 is 13.6 Å². The number of guanidine groups is 1. The van der Waals surface area contributed by atoms with Crippen molar-refractivity contribution >= 4 is 46.5 Å². The third kappa shape index (κ3) is 7.44. The standard InChI is InChI=1S/C30H35ClF2N8O/c31-23-14-20(32)15-24(33)27(23)40-29(35)38-26-16-36-30(39-25(26)13-18-8-10-19(11-9-18)28(34)42)37-21-5-4-12-41(17-21)22-6-2-1-3-7-22/h1-3,6-7,14-16,18-19,21H,4-5,8-13,17H2,(H2,34,42)(H3,35,38,40)(H,36,37,39)/t18-,19+,21-/m1/s1. The zero-order valence-electron chi connectivity index (χ0n) is 23.2. The number of halogens is 3. The number of aliphatic imine (C=N–C) groups is 1. The zero-order valence-corrected chi connectivity index (χ0v) is 24.0. The summed E-state index contributed by atoms with van der Waals surface area (Å²) in [6, 6.07) is 12.2. The number of amides is 1. The summed E-state index contributed by atoms with van der Waals surface area (Å²) >= 11 is 6.02. The van der Waals surface area contributed by atoms with Crippen molar-refractivity contribution in [1.29, 1.82) is 0 Å². The van der Waals surface area contributed by atoms with Crippen molar-refractivity contribution in [3.05, 3.63) is 71.0 Å². The molecule has 2 heterocycles. The van der Waals surface area contributed by atoms with Crippen LogP contribution in [-0.4, -0.2) is 41.0 Å². The van der Waals surface area contributed by atoms with E-state index in [9.17, 15) is 13.6 Å². The van der Waals surface area contributed by atoms with Gasteiger partial charge >= 0.3 is 0 Å². The molecule has 1 atom stereocenters. The predicted octanol–water partition coefficient (Wildman–Crippen LogP) is 5.38. The molecule has 2 aromatic carbocycles. The SMILES string of the molecule is N/C(=N\c1cnc(N[C@@H]2CCCN(c3ccccc3)C2)nc1C[C@H]1CC[C@@H](C(N)=O)CC1)Nc1c(F)cc(F)cc1Cl. The number of carbonyl (C=O) groups is 1. The first-order chi connectivity index (χ1) is 20.2. The Morgan fingerprint density at radius 3 is 2.57 bits per heavy atom. The molecule has 9 nitrogen and oxygen atoms in total. The maximum atomic E-state index is 14.3. The molecule has 3 aromatic rings. The third-order valence-corrected chi connectivity index (χ3v) is 8.25. The Balaban J connectivity index is 1.35. The number of primary amides is 1. The minimum atomic E-state index is -0.891. The molecule has 1 saturated carbocycles. The fraction of sp³-hybridized carbons (Fsp3) is 0.400. The Kier molecular flexibility index (Phi) is 9.36. The van der Waals surface area contributed by atoms with Crippen molar-refractivity contribution in [2.45, 2.75) is 51.0 Å². The van der Waals surface area contributed by atoms with Gasteiger partial charge in [-0.1, -0.05) is 29.8 Å². The molecule has 0 radical (unpaired) electrons. The first-order valence-corrected chi connectivity index (χ1v) is 14.6. The van der Waals surface area contributed by atoms with E-state index in [0.29, 0.717) is 29.8 Å². The first kappa shape index (κ1) is 29.5. The van der Waals surface area contributed by atoms with Gasteiger partial charge in [-0.05, 0) is 69.1 Å². The zero-order chi connectivity index (χ0) is 29.6. The number of nitrogens with two attached hydrogens (primary N) is 2. The molecule has 5 rings (SSSR count). The average molecular weight is 597 g/mol. The lowest BCUT2D eigenvalue weighted by atomic mass is 9.79. The maximum absolute atomic E-state index is 14.3. The second kappa shape index (κ2) is 13.3. The number of nitrogens with zero attached hydrogens (tertiary/aromatic N) is 4. The highest BCUT2D eigenvalue weighted by Crippen LogP contribution is 2.33. The van der Waals surface area contributed by atoms with E-state index in [-0.39, 0.29) is 40.5 Å². The highest BCUT2D eigenvalue weighted by Gasteiger charge is 2.27. The molecule has 1 aromatic heterocycles. The topological polar surface area (TPSA) is 135 Å². The molecule has 2 aliphatic rings. The van der Waals surface area contributed by atoms with E-state index in [4.69, 9.17) is 28.1 Å². The number of piperidine rings is 1. The molecule has 222 valence electrons. The summed E-state index contributed by atoms with van der Waals surface area (Å²) < 4.78 is 27.8. The van der Waals surface area contributed by atoms with E-state index >= 15 is 0 Å². The number of hydrogen-bond acceptors (Lipinski definition) is 6.